The largest absolute Gasteiger partial charge is 0.444 e. The van der Waals surface area contributed by atoms with Gasteiger partial charge in [0.2, 0.25) is 0 Å². The summed E-state index contributed by atoms with van der Waals surface area (Å²) in [7, 11) is 0. The zero-order valence-electron chi connectivity index (χ0n) is 12.2. The first-order chi connectivity index (χ1) is 7.52. The maximum Gasteiger partial charge on any atom is 0.408 e. The van der Waals surface area contributed by atoms with Crippen LogP contribution in [0.25, 0.3) is 0 Å². The molecule has 1 amide bonds. The third-order valence-corrected chi connectivity index (χ3v) is 3.58. The topological polar surface area (TPSA) is 38.3 Å². The predicted molar refractivity (Wildman–Crippen MR) is 75.6 cm³/mol. The number of nitrogens with one attached hydrogen (secondary N) is 1. The van der Waals surface area contributed by atoms with Crippen LogP contribution in [0.5, 0.6) is 0 Å². The van der Waals surface area contributed by atoms with Crippen molar-refractivity contribution in [2.75, 3.05) is 11.5 Å². The minimum atomic E-state index is -0.439. The van der Waals surface area contributed by atoms with Crippen LogP contribution in [0.2, 0.25) is 0 Å². The van der Waals surface area contributed by atoms with Gasteiger partial charge >= 0.3 is 6.09 Å². The van der Waals surface area contributed by atoms with Gasteiger partial charge in [-0.1, -0.05) is 13.8 Å². The van der Waals surface area contributed by atoms with E-state index < -0.39 is 5.60 Å². The molecular weight excluding hydrogens is 234 g/mol. The molecule has 0 spiro atoms. The molecule has 0 saturated carbocycles. The van der Waals surface area contributed by atoms with Crippen LogP contribution in [0, 0.1) is 5.92 Å². The normalized spacial score (nSPS) is 12.7. The van der Waals surface area contributed by atoms with Crippen molar-refractivity contribution >= 4 is 17.9 Å². The van der Waals surface area contributed by atoms with E-state index in [1.807, 2.05) is 46.4 Å². The SMILES string of the molecule is CC(C)CSCC(C)(C)NC(=O)OC(C)(C)C. The molecule has 17 heavy (non-hydrogen) atoms. The number of rotatable bonds is 5. The van der Waals surface area contributed by atoms with Gasteiger partial charge in [0.1, 0.15) is 5.60 Å². The summed E-state index contributed by atoms with van der Waals surface area (Å²) < 4.78 is 5.24. The molecule has 0 fully saturated rings. The highest BCUT2D eigenvalue weighted by Gasteiger charge is 2.24. The van der Waals surface area contributed by atoms with E-state index in [0.29, 0.717) is 5.92 Å². The number of carbonyl (C=O) groups excluding carboxylic acids is 1. The van der Waals surface area contributed by atoms with Crippen LogP contribution in [0.4, 0.5) is 4.79 Å². The molecule has 0 aliphatic rings. The van der Waals surface area contributed by atoms with E-state index in [-0.39, 0.29) is 11.6 Å². The van der Waals surface area contributed by atoms with Crippen molar-refractivity contribution in [2.24, 2.45) is 5.92 Å². The van der Waals surface area contributed by atoms with Crippen LogP contribution in [0.3, 0.4) is 0 Å². The quantitative estimate of drug-likeness (QED) is 0.820. The lowest BCUT2D eigenvalue weighted by atomic mass is 10.1. The lowest BCUT2D eigenvalue weighted by Crippen LogP contribution is -2.47. The lowest BCUT2D eigenvalue weighted by molar-refractivity contribution is 0.0482. The first kappa shape index (κ1) is 16.6. The highest BCUT2D eigenvalue weighted by Crippen LogP contribution is 2.16. The number of hydrogen-bond acceptors (Lipinski definition) is 3. The number of thioether (sulfide) groups is 1. The Morgan fingerprint density at radius 3 is 2.18 bits per heavy atom. The van der Waals surface area contributed by atoms with E-state index in [1.165, 1.54) is 0 Å². The van der Waals surface area contributed by atoms with Crippen LogP contribution in [-0.4, -0.2) is 28.7 Å². The first-order valence-electron chi connectivity index (χ1n) is 6.11. The van der Waals surface area contributed by atoms with Crippen molar-refractivity contribution in [3.05, 3.63) is 0 Å². The van der Waals surface area contributed by atoms with Crippen LogP contribution in [0.1, 0.15) is 48.5 Å². The number of carbonyl (C=O) groups is 1. The van der Waals surface area contributed by atoms with Crippen molar-refractivity contribution in [1.82, 2.24) is 5.32 Å². The predicted octanol–water partition coefficient (Wildman–Crippen LogP) is 3.68. The fourth-order valence-electron chi connectivity index (χ4n) is 1.17. The highest BCUT2D eigenvalue weighted by atomic mass is 32.2. The maximum absolute atomic E-state index is 11.6. The zero-order valence-corrected chi connectivity index (χ0v) is 13.0. The Morgan fingerprint density at radius 1 is 1.24 bits per heavy atom. The van der Waals surface area contributed by atoms with Gasteiger partial charge in [0.25, 0.3) is 0 Å². The molecule has 0 aliphatic heterocycles. The molecule has 0 atom stereocenters. The molecule has 0 aliphatic carbocycles. The summed E-state index contributed by atoms with van der Waals surface area (Å²) in [6.07, 6.45) is -0.340. The van der Waals surface area contributed by atoms with Crippen LogP contribution >= 0.6 is 11.8 Å². The number of amides is 1. The van der Waals surface area contributed by atoms with E-state index in [1.54, 1.807) is 0 Å². The van der Waals surface area contributed by atoms with Crippen molar-refractivity contribution in [1.29, 1.82) is 0 Å². The molecule has 0 unspecified atom stereocenters. The third kappa shape index (κ3) is 10.5. The van der Waals surface area contributed by atoms with Crippen molar-refractivity contribution in [3.63, 3.8) is 0 Å². The minimum absolute atomic E-state index is 0.234. The lowest BCUT2D eigenvalue weighted by Gasteiger charge is -2.28. The van der Waals surface area contributed by atoms with Crippen molar-refractivity contribution < 1.29 is 9.53 Å². The molecular formula is C13H27NO2S. The second kappa shape index (κ2) is 6.53. The van der Waals surface area contributed by atoms with Crippen molar-refractivity contribution in [3.8, 4) is 0 Å². The molecule has 0 bridgehead atoms. The molecule has 102 valence electrons. The van der Waals surface area contributed by atoms with Gasteiger partial charge in [-0.15, -0.1) is 0 Å². The summed E-state index contributed by atoms with van der Waals surface area (Å²) in [6.45, 7) is 14.0. The van der Waals surface area contributed by atoms with Gasteiger partial charge in [0, 0.05) is 11.3 Å². The average Bonchev–Trinajstić information content (AvgIpc) is 1.96. The fourth-order valence-corrected chi connectivity index (χ4v) is 2.34. The Morgan fingerprint density at radius 2 is 1.76 bits per heavy atom. The second-order valence-electron chi connectivity index (χ2n) is 6.42. The summed E-state index contributed by atoms with van der Waals surface area (Å²) in [5, 5.41) is 2.90. The Hall–Kier alpha value is -0.380. The summed E-state index contributed by atoms with van der Waals surface area (Å²) in [6, 6.07) is 0. The third-order valence-electron chi connectivity index (χ3n) is 1.75. The Kier molecular flexibility index (Phi) is 6.38. The van der Waals surface area contributed by atoms with E-state index in [9.17, 15) is 4.79 Å². The molecule has 0 saturated heterocycles. The molecule has 3 nitrogen and oxygen atoms in total. The first-order valence-corrected chi connectivity index (χ1v) is 7.26. The Balaban J connectivity index is 4.03. The summed E-state index contributed by atoms with van der Waals surface area (Å²) in [4.78, 5) is 11.6. The van der Waals surface area contributed by atoms with Gasteiger partial charge in [0.05, 0.1) is 0 Å². The smallest absolute Gasteiger partial charge is 0.408 e. The van der Waals surface area contributed by atoms with Gasteiger partial charge in [-0.2, -0.15) is 11.8 Å². The molecule has 0 heterocycles. The van der Waals surface area contributed by atoms with Gasteiger partial charge in [-0.05, 0) is 46.3 Å². The standard InChI is InChI=1S/C13H27NO2S/c1-10(2)8-17-9-13(6,7)14-11(15)16-12(3,4)5/h10H,8-9H2,1-7H3,(H,14,15). The minimum Gasteiger partial charge on any atom is -0.444 e. The van der Waals surface area contributed by atoms with Gasteiger partial charge in [-0.25, -0.2) is 4.79 Å². The van der Waals surface area contributed by atoms with Gasteiger partial charge in [0.15, 0.2) is 0 Å². The molecule has 0 aromatic heterocycles. The Bertz CT molecular complexity index is 244. The van der Waals surface area contributed by atoms with Crippen LogP contribution in [-0.2, 0) is 4.74 Å². The van der Waals surface area contributed by atoms with Crippen LogP contribution in [0.15, 0.2) is 0 Å². The number of alkyl carbamates (subject to hydrolysis) is 1. The highest BCUT2D eigenvalue weighted by molar-refractivity contribution is 7.99. The number of ether oxygens (including phenoxy) is 1. The van der Waals surface area contributed by atoms with Gasteiger partial charge < -0.3 is 10.1 Å². The monoisotopic (exact) mass is 261 g/mol. The van der Waals surface area contributed by atoms with E-state index >= 15 is 0 Å². The summed E-state index contributed by atoms with van der Waals surface area (Å²) >= 11 is 1.86. The molecule has 1 N–H and O–H groups in total. The Labute approximate surface area is 110 Å². The average molecular weight is 261 g/mol. The zero-order chi connectivity index (χ0) is 13.7. The summed E-state index contributed by atoms with van der Waals surface area (Å²) in [5.41, 5.74) is -0.673. The maximum atomic E-state index is 11.6. The van der Waals surface area contributed by atoms with Crippen molar-refractivity contribution in [2.45, 2.75) is 59.6 Å². The molecule has 0 aromatic rings. The van der Waals surface area contributed by atoms with E-state index in [2.05, 4.69) is 19.2 Å². The van der Waals surface area contributed by atoms with E-state index in [0.717, 1.165) is 11.5 Å². The second-order valence-corrected chi connectivity index (χ2v) is 7.45. The van der Waals surface area contributed by atoms with Gasteiger partial charge in [-0.3, -0.25) is 0 Å². The molecule has 0 radical (unpaired) electrons. The van der Waals surface area contributed by atoms with Crippen LogP contribution < -0.4 is 5.32 Å². The van der Waals surface area contributed by atoms with E-state index in [4.69, 9.17) is 4.74 Å². The molecule has 4 heteroatoms. The molecule has 0 rings (SSSR count). The fraction of sp³-hybridized carbons (Fsp3) is 0.923. The molecule has 0 aromatic carbocycles. The number of hydrogen-bond donors (Lipinski definition) is 1. The summed E-state index contributed by atoms with van der Waals surface area (Å²) in [5.74, 6) is 2.68.